The number of nitrogens with one attached hydrogen (secondary N) is 1. The third kappa shape index (κ3) is 7.33. The highest BCUT2D eigenvalue weighted by atomic mass is 35.5. The average molecular weight is 449 g/mol. The Morgan fingerprint density at radius 3 is 2.33 bits per heavy atom. The Labute approximate surface area is 189 Å². The summed E-state index contributed by atoms with van der Waals surface area (Å²) >= 11 is 12.2. The van der Waals surface area contributed by atoms with E-state index >= 15 is 0 Å². The van der Waals surface area contributed by atoms with E-state index < -0.39 is 6.04 Å². The Kier molecular flexibility index (Phi) is 10.2. The van der Waals surface area contributed by atoms with Gasteiger partial charge in [-0.05, 0) is 36.1 Å². The smallest absolute Gasteiger partial charge is 0.243 e. The highest BCUT2D eigenvalue weighted by molar-refractivity contribution is 6.42. The van der Waals surface area contributed by atoms with E-state index in [-0.39, 0.29) is 11.8 Å². The summed E-state index contributed by atoms with van der Waals surface area (Å²) in [6, 6.07) is 14.5. The maximum atomic E-state index is 13.1. The molecule has 0 unspecified atom stereocenters. The fraction of sp³-hybridized carbons (Fsp3) is 0.417. The lowest BCUT2D eigenvalue weighted by atomic mass is 10.0. The molecule has 0 aliphatic carbocycles. The number of amides is 2. The Hall–Kier alpha value is -2.04. The molecule has 0 bridgehead atoms. The summed E-state index contributed by atoms with van der Waals surface area (Å²) in [5.41, 5.74) is 1.85. The normalized spacial score (nSPS) is 11.7. The quantitative estimate of drug-likeness (QED) is 0.451. The van der Waals surface area contributed by atoms with Crippen molar-refractivity contribution in [2.45, 2.75) is 58.5 Å². The molecule has 1 atom stereocenters. The first-order chi connectivity index (χ1) is 14.5. The molecule has 0 radical (unpaired) electrons. The van der Waals surface area contributed by atoms with E-state index in [1.54, 1.807) is 17.0 Å². The van der Waals surface area contributed by atoms with Crippen LogP contribution in [0.1, 0.15) is 50.7 Å². The summed E-state index contributed by atoms with van der Waals surface area (Å²) in [5.74, 6) is -0.174. The molecule has 0 aliphatic rings. The molecule has 162 valence electrons. The summed E-state index contributed by atoms with van der Waals surface area (Å²) in [4.78, 5) is 27.9. The number of hydrogen-bond acceptors (Lipinski definition) is 2. The first kappa shape index (κ1) is 24.2. The monoisotopic (exact) mass is 448 g/mol. The molecule has 0 spiro atoms. The van der Waals surface area contributed by atoms with Crippen LogP contribution in [-0.2, 0) is 22.6 Å². The molecule has 0 saturated heterocycles. The van der Waals surface area contributed by atoms with Gasteiger partial charge in [0, 0.05) is 25.9 Å². The molecule has 2 aromatic rings. The first-order valence-electron chi connectivity index (χ1n) is 10.5. The van der Waals surface area contributed by atoms with E-state index in [2.05, 4.69) is 12.2 Å². The highest BCUT2D eigenvalue weighted by Gasteiger charge is 2.29. The molecule has 2 amide bonds. The van der Waals surface area contributed by atoms with Crippen molar-refractivity contribution in [3.05, 3.63) is 69.7 Å². The summed E-state index contributed by atoms with van der Waals surface area (Å²) in [6.45, 7) is 4.94. The molecule has 30 heavy (non-hydrogen) atoms. The standard InChI is InChI=1S/C24H30Cl2N2O2/c1-3-5-14-27-24(30)22(16-18-10-7-6-8-11-18)28(23(29)9-4-2)17-19-12-13-20(25)21(26)15-19/h6-8,10-13,15,22H,3-5,9,14,16-17H2,1-2H3,(H,27,30)/t22-/m0/s1. The van der Waals surface area contributed by atoms with E-state index in [1.165, 1.54) is 0 Å². The highest BCUT2D eigenvalue weighted by Crippen LogP contribution is 2.24. The van der Waals surface area contributed by atoms with Gasteiger partial charge in [-0.2, -0.15) is 0 Å². The van der Waals surface area contributed by atoms with Crippen molar-refractivity contribution in [3.63, 3.8) is 0 Å². The summed E-state index contributed by atoms with van der Waals surface area (Å²) in [6.07, 6.45) is 3.45. The third-order valence-electron chi connectivity index (χ3n) is 4.90. The summed E-state index contributed by atoms with van der Waals surface area (Å²) in [5, 5.41) is 3.90. The van der Waals surface area contributed by atoms with Crippen LogP contribution in [0.3, 0.4) is 0 Å². The molecule has 0 aliphatic heterocycles. The predicted octanol–water partition coefficient (Wildman–Crippen LogP) is 5.65. The van der Waals surface area contributed by atoms with Crippen LogP contribution in [0, 0.1) is 0 Å². The number of nitrogens with zero attached hydrogens (tertiary/aromatic N) is 1. The molecular weight excluding hydrogens is 419 g/mol. The Morgan fingerprint density at radius 2 is 1.70 bits per heavy atom. The summed E-state index contributed by atoms with van der Waals surface area (Å²) in [7, 11) is 0. The number of hydrogen-bond donors (Lipinski definition) is 1. The van der Waals surface area contributed by atoms with Crippen LogP contribution in [0.2, 0.25) is 10.0 Å². The molecule has 0 saturated carbocycles. The van der Waals surface area contributed by atoms with E-state index in [4.69, 9.17) is 23.2 Å². The molecular formula is C24H30Cl2N2O2. The van der Waals surface area contributed by atoms with Gasteiger partial charge in [-0.1, -0.05) is 79.9 Å². The van der Waals surface area contributed by atoms with Crippen molar-refractivity contribution < 1.29 is 9.59 Å². The van der Waals surface area contributed by atoms with Crippen LogP contribution in [0.15, 0.2) is 48.5 Å². The number of carbonyl (C=O) groups excluding carboxylic acids is 2. The molecule has 0 aromatic heterocycles. The average Bonchev–Trinajstić information content (AvgIpc) is 2.74. The van der Waals surface area contributed by atoms with E-state index in [0.717, 1.165) is 24.0 Å². The number of benzene rings is 2. The van der Waals surface area contributed by atoms with Gasteiger partial charge in [0.25, 0.3) is 0 Å². The van der Waals surface area contributed by atoms with Crippen molar-refractivity contribution in [2.24, 2.45) is 0 Å². The maximum Gasteiger partial charge on any atom is 0.243 e. The van der Waals surface area contributed by atoms with Crippen molar-refractivity contribution in [3.8, 4) is 0 Å². The van der Waals surface area contributed by atoms with Crippen LogP contribution in [0.4, 0.5) is 0 Å². The molecule has 0 fully saturated rings. The van der Waals surface area contributed by atoms with Crippen LogP contribution in [0.5, 0.6) is 0 Å². The van der Waals surface area contributed by atoms with Crippen LogP contribution < -0.4 is 5.32 Å². The van der Waals surface area contributed by atoms with Crippen LogP contribution >= 0.6 is 23.2 Å². The summed E-state index contributed by atoms with van der Waals surface area (Å²) < 4.78 is 0. The van der Waals surface area contributed by atoms with Gasteiger partial charge in [-0.15, -0.1) is 0 Å². The van der Waals surface area contributed by atoms with Gasteiger partial charge in [0.2, 0.25) is 11.8 Å². The predicted molar refractivity (Wildman–Crippen MR) is 124 cm³/mol. The Morgan fingerprint density at radius 1 is 0.967 bits per heavy atom. The second-order valence-corrected chi connectivity index (χ2v) is 8.18. The lowest BCUT2D eigenvalue weighted by Gasteiger charge is -2.31. The topological polar surface area (TPSA) is 49.4 Å². The van der Waals surface area contributed by atoms with Crippen molar-refractivity contribution in [1.29, 1.82) is 0 Å². The Balaban J connectivity index is 2.34. The number of halogens is 2. The van der Waals surface area contributed by atoms with E-state index in [9.17, 15) is 9.59 Å². The van der Waals surface area contributed by atoms with Gasteiger partial charge in [0.05, 0.1) is 10.0 Å². The molecule has 2 aromatic carbocycles. The van der Waals surface area contributed by atoms with Crippen molar-refractivity contribution in [2.75, 3.05) is 6.54 Å². The minimum Gasteiger partial charge on any atom is -0.354 e. The molecule has 1 N–H and O–H groups in total. The second-order valence-electron chi connectivity index (χ2n) is 7.37. The second kappa shape index (κ2) is 12.6. The fourth-order valence-corrected chi connectivity index (χ4v) is 3.57. The van der Waals surface area contributed by atoms with Gasteiger partial charge in [-0.25, -0.2) is 0 Å². The zero-order valence-electron chi connectivity index (χ0n) is 17.7. The van der Waals surface area contributed by atoms with Gasteiger partial charge >= 0.3 is 0 Å². The van der Waals surface area contributed by atoms with Crippen LogP contribution in [0.25, 0.3) is 0 Å². The minimum atomic E-state index is -0.599. The SMILES string of the molecule is CCCCNC(=O)[C@H](Cc1ccccc1)N(Cc1ccc(Cl)c(Cl)c1)C(=O)CCC. The zero-order valence-corrected chi connectivity index (χ0v) is 19.2. The number of unbranched alkanes of at least 4 members (excludes halogenated alkanes) is 1. The molecule has 2 rings (SSSR count). The largest absolute Gasteiger partial charge is 0.354 e. The fourth-order valence-electron chi connectivity index (χ4n) is 3.25. The number of rotatable bonds is 11. The van der Waals surface area contributed by atoms with Gasteiger partial charge < -0.3 is 10.2 Å². The van der Waals surface area contributed by atoms with Gasteiger partial charge in [-0.3, -0.25) is 9.59 Å². The lowest BCUT2D eigenvalue weighted by Crippen LogP contribution is -2.50. The van der Waals surface area contributed by atoms with E-state index in [1.807, 2.05) is 43.3 Å². The maximum absolute atomic E-state index is 13.1. The van der Waals surface area contributed by atoms with Crippen LogP contribution in [-0.4, -0.2) is 29.3 Å². The lowest BCUT2D eigenvalue weighted by molar-refractivity contribution is -0.141. The first-order valence-corrected chi connectivity index (χ1v) is 11.3. The van der Waals surface area contributed by atoms with Gasteiger partial charge in [0.1, 0.15) is 6.04 Å². The third-order valence-corrected chi connectivity index (χ3v) is 5.64. The molecule has 6 heteroatoms. The molecule has 4 nitrogen and oxygen atoms in total. The van der Waals surface area contributed by atoms with Crippen molar-refractivity contribution in [1.82, 2.24) is 10.2 Å². The zero-order chi connectivity index (χ0) is 21.9. The van der Waals surface area contributed by atoms with Gasteiger partial charge in [0.15, 0.2) is 0 Å². The minimum absolute atomic E-state index is 0.0462. The molecule has 0 heterocycles. The Bertz CT molecular complexity index is 827. The van der Waals surface area contributed by atoms with Crippen molar-refractivity contribution >= 4 is 35.0 Å². The van der Waals surface area contributed by atoms with E-state index in [0.29, 0.717) is 42.4 Å². The number of carbonyl (C=O) groups is 2.